The van der Waals surface area contributed by atoms with E-state index in [1.807, 2.05) is 17.0 Å². The molecular formula is C18H24N4O4. The molecule has 0 saturated carbocycles. The van der Waals surface area contributed by atoms with Crippen LogP contribution in [0.2, 0.25) is 0 Å². The van der Waals surface area contributed by atoms with Crippen molar-refractivity contribution in [2.75, 3.05) is 45.7 Å². The first-order chi connectivity index (χ1) is 12.5. The van der Waals surface area contributed by atoms with Crippen LogP contribution in [0.15, 0.2) is 18.2 Å². The van der Waals surface area contributed by atoms with E-state index in [1.54, 1.807) is 18.0 Å². The molecule has 3 rings (SSSR count). The zero-order valence-electron chi connectivity index (χ0n) is 15.1. The van der Waals surface area contributed by atoms with Gasteiger partial charge in [-0.3, -0.25) is 14.4 Å². The number of carbonyl (C=O) groups is 3. The summed E-state index contributed by atoms with van der Waals surface area (Å²) in [5.41, 5.74) is 2.22. The third kappa shape index (κ3) is 3.80. The average molecular weight is 360 g/mol. The van der Waals surface area contributed by atoms with Gasteiger partial charge in [0.05, 0.1) is 13.5 Å². The summed E-state index contributed by atoms with van der Waals surface area (Å²) in [5.74, 6) is -0.626. The molecule has 2 aliphatic heterocycles. The van der Waals surface area contributed by atoms with Gasteiger partial charge in [0, 0.05) is 51.0 Å². The number of rotatable bonds is 3. The predicted octanol–water partition coefficient (Wildman–Crippen LogP) is 0.0476. The lowest BCUT2D eigenvalue weighted by atomic mass is 10.1. The second-order valence-corrected chi connectivity index (χ2v) is 6.59. The second-order valence-electron chi connectivity index (χ2n) is 6.59. The summed E-state index contributed by atoms with van der Waals surface area (Å²) in [6.45, 7) is 3.35. The largest absolute Gasteiger partial charge is 0.469 e. The number of hydrogen-bond acceptors (Lipinski definition) is 6. The molecule has 1 atom stereocenters. The van der Waals surface area contributed by atoms with Gasteiger partial charge in [-0.15, -0.1) is 0 Å². The number of hydrogen-bond donors (Lipinski definition) is 2. The summed E-state index contributed by atoms with van der Waals surface area (Å²) in [4.78, 5) is 40.2. The summed E-state index contributed by atoms with van der Waals surface area (Å²) in [5, 5.41) is 6.35. The molecule has 0 aliphatic carbocycles. The molecule has 1 aromatic carbocycles. The van der Waals surface area contributed by atoms with Gasteiger partial charge in [-0.2, -0.15) is 0 Å². The van der Waals surface area contributed by atoms with Crippen LogP contribution < -0.4 is 10.6 Å². The Morgan fingerprint density at radius 3 is 2.69 bits per heavy atom. The SMILES string of the molecule is COC(=O)CC1Nc2ccc(C(=O)N3CCNCC3)cc2CN(C)C1=O. The maximum Gasteiger partial charge on any atom is 0.308 e. The Morgan fingerprint density at radius 1 is 1.27 bits per heavy atom. The number of nitrogens with one attached hydrogen (secondary N) is 2. The first-order valence-corrected chi connectivity index (χ1v) is 8.71. The summed E-state index contributed by atoms with van der Waals surface area (Å²) < 4.78 is 4.68. The van der Waals surface area contributed by atoms with Gasteiger partial charge in [-0.1, -0.05) is 0 Å². The highest BCUT2D eigenvalue weighted by atomic mass is 16.5. The van der Waals surface area contributed by atoms with Crippen LogP contribution in [0.1, 0.15) is 22.3 Å². The number of carbonyl (C=O) groups excluding carboxylic acids is 3. The normalized spacial score (nSPS) is 20.1. The van der Waals surface area contributed by atoms with Gasteiger partial charge < -0.3 is 25.2 Å². The van der Waals surface area contributed by atoms with Crippen LogP contribution >= 0.6 is 0 Å². The van der Waals surface area contributed by atoms with Crippen molar-refractivity contribution in [1.82, 2.24) is 15.1 Å². The number of likely N-dealkylation sites (N-methyl/N-ethyl adjacent to an activating group) is 1. The molecule has 0 bridgehead atoms. The van der Waals surface area contributed by atoms with Gasteiger partial charge in [0.1, 0.15) is 6.04 Å². The fourth-order valence-corrected chi connectivity index (χ4v) is 3.29. The molecule has 0 radical (unpaired) electrons. The molecule has 8 heteroatoms. The summed E-state index contributed by atoms with van der Waals surface area (Å²) in [7, 11) is 2.99. The lowest BCUT2D eigenvalue weighted by Crippen LogP contribution is -2.46. The van der Waals surface area contributed by atoms with Crippen LogP contribution in [0.5, 0.6) is 0 Å². The number of benzene rings is 1. The molecule has 0 aromatic heterocycles. The molecular weight excluding hydrogens is 336 g/mol. The van der Waals surface area contributed by atoms with Crippen molar-refractivity contribution in [3.8, 4) is 0 Å². The monoisotopic (exact) mass is 360 g/mol. The molecule has 1 saturated heterocycles. The summed E-state index contributed by atoms with van der Waals surface area (Å²) >= 11 is 0. The van der Waals surface area contributed by atoms with Gasteiger partial charge in [-0.05, 0) is 23.8 Å². The van der Waals surface area contributed by atoms with Crippen LogP contribution in [0, 0.1) is 0 Å². The van der Waals surface area contributed by atoms with E-state index in [1.165, 1.54) is 7.11 Å². The van der Waals surface area contributed by atoms with E-state index in [2.05, 4.69) is 15.4 Å². The van der Waals surface area contributed by atoms with Crippen molar-refractivity contribution >= 4 is 23.5 Å². The standard InChI is InChI=1S/C18H24N4O4/c1-21-11-13-9-12(17(24)22-7-5-19-6-8-22)3-4-14(13)20-15(18(21)25)10-16(23)26-2/h3-4,9,15,19-20H,5-8,10-11H2,1-2H3. The van der Waals surface area contributed by atoms with Crippen LogP contribution in [-0.4, -0.2) is 74.0 Å². The first-order valence-electron chi connectivity index (χ1n) is 8.71. The van der Waals surface area contributed by atoms with Crippen molar-refractivity contribution in [3.63, 3.8) is 0 Å². The van der Waals surface area contributed by atoms with E-state index in [0.717, 1.165) is 24.3 Å². The molecule has 2 aliphatic rings. The highest BCUT2D eigenvalue weighted by Crippen LogP contribution is 2.25. The number of esters is 1. The van der Waals surface area contributed by atoms with E-state index in [9.17, 15) is 14.4 Å². The van der Waals surface area contributed by atoms with E-state index in [0.29, 0.717) is 25.2 Å². The van der Waals surface area contributed by atoms with Crippen molar-refractivity contribution in [2.24, 2.45) is 0 Å². The second kappa shape index (κ2) is 7.74. The fraction of sp³-hybridized carbons (Fsp3) is 0.500. The quantitative estimate of drug-likeness (QED) is 0.740. The van der Waals surface area contributed by atoms with Crippen molar-refractivity contribution in [2.45, 2.75) is 19.0 Å². The van der Waals surface area contributed by atoms with E-state index < -0.39 is 12.0 Å². The number of fused-ring (bicyclic) bond motifs is 1. The average Bonchev–Trinajstić information content (AvgIpc) is 2.78. The van der Waals surface area contributed by atoms with Gasteiger partial charge in [0.15, 0.2) is 0 Å². The number of anilines is 1. The van der Waals surface area contributed by atoms with Crippen molar-refractivity contribution in [1.29, 1.82) is 0 Å². The van der Waals surface area contributed by atoms with Gasteiger partial charge in [-0.25, -0.2) is 0 Å². The van der Waals surface area contributed by atoms with Crippen LogP contribution in [0.4, 0.5) is 5.69 Å². The maximum absolute atomic E-state index is 12.7. The number of amides is 2. The van der Waals surface area contributed by atoms with Crippen LogP contribution in [-0.2, 0) is 20.9 Å². The predicted molar refractivity (Wildman–Crippen MR) is 95.7 cm³/mol. The first kappa shape index (κ1) is 18.2. The molecule has 2 N–H and O–H groups in total. The lowest BCUT2D eigenvalue weighted by molar-refractivity contribution is -0.143. The Kier molecular flexibility index (Phi) is 5.41. The Hall–Kier alpha value is -2.61. The zero-order chi connectivity index (χ0) is 18.7. The summed E-state index contributed by atoms with van der Waals surface area (Å²) in [6.07, 6.45) is -0.0411. The summed E-state index contributed by atoms with van der Waals surface area (Å²) in [6, 6.07) is 4.73. The molecule has 26 heavy (non-hydrogen) atoms. The molecule has 1 aromatic rings. The number of nitrogens with zero attached hydrogens (tertiary/aromatic N) is 2. The fourth-order valence-electron chi connectivity index (χ4n) is 3.29. The minimum Gasteiger partial charge on any atom is -0.469 e. The Morgan fingerprint density at radius 2 is 2.00 bits per heavy atom. The smallest absolute Gasteiger partial charge is 0.308 e. The molecule has 1 unspecified atom stereocenters. The zero-order valence-corrected chi connectivity index (χ0v) is 15.1. The van der Waals surface area contributed by atoms with Gasteiger partial charge in [0.2, 0.25) is 5.91 Å². The molecule has 8 nitrogen and oxygen atoms in total. The lowest BCUT2D eigenvalue weighted by Gasteiger charge is -2.27. The topological polar surface area (TPSA) is 91.0 Å². The Bertz CT molecular complexity index is 715. The minimum absolute atomic E-state index is 0.00126. The van der Waals surface area contributed by atoms with E-state index in [4.69, 9.17) is 0 Å². The third-order valence-corrected chi connectivity index (χ3v) is 4.77. The molecule has 2 amide bonds. The Balaban J connectivity index is 1.83. The van der Waals surface area contributed by atoms with Crippen molar-refractivity contribution < 1.29 is 19.1 Å². The molecule has 140 valence electrons. The van der Waals surface area contributed by atoms with Crippen LogP contribution in [0.3, 0.4) is 0 Å². The number of methoxy groups -OCH3 is 1. The van der Waals surface area contributed by atoms with Gasteiger partial charge >= 0.3 is 5.97 Å². The number of piperazine rings is 1. The number of ether oxygens (including phenoxy) is 1. The molecule has 0 spiro atoms. The molecule has 2 heterocycles. The highest BCUT2D eigenvalue weighted by molar-refractivity contribution is 5.96. The Labute approximate surface area is 152 Å². The van der Waals surface area contributed by atoms with Crippen molar-refractivity contribution in [3.05, 3.63) is 29.3 Å². The minimum atomic E-state index is -0.677. The van der Waals surface area contributed by atoms with E-state index >= 15 is 0 Å². The maximum atomic E-state index is 12.7. The third-order valence-electron chi connectivity index (χ3n) is 4.77. The van der Waals surface area contributed by atoms with Crippen LogP contribution in [0.25, 0.3) is 0 Å². The molecule has 1 fully saturated rings. The van der Waals surface area contributed by atoms with Gasteiger partial charge in [0.25, 0.3) is 5.91 Å². The highest BCUT2D eigenvalue weighted by Gasteiger charge is 2.30. The van der Waals surface area contributed by atoms with E-state index in [-0.39, 0.29) is 18.2 Å².